The van der Waals surface area contributed by atoms with E-state index in [1.807, 2.05) is 25.1 Å². The standard InChI is InChI=1S/C10H10N2OS2/c1-5-10(13)12-7-4-6(9(11)14)2-3-8(7)15-5/h2-5H,1H3,(H2,11,14)(H,12,13). The Balaban J connectivity index is 2.41. The highest BCUT2D eigenvalue weighted by molar-refractivity contribution is 8.01. The number of rotatable bonds is 1. The van der Waals surface area contributed by atoms with E-state index in [2.05, 4.69) is 5.32 Å². The minimum Gasteiger partial charge on any atom is -0.389 e. The minimum atomic E-state index is -0.0480. The zero-order valence-corrected chi connectivity index (χ0v) is 9.74. The molecule has 1 heterocycles. The van der Waals surface area contributed by atoms with Gasteiger partial charge in [0.25, 0.3) is 0 Å². The van der Waals surface area contributed by atoms with E-state index in [9.17, 15) is 4.79 Å². The van der Waals surface area contributed by atoms with Crippen LogP contribution in [0.15, 0.2) is 23.1 Å². The second-order valence-electron chi connectivity index (χ2n) is 3.32. The second-order valence-corrected chi connectivity index (χ2v) is 5.15. The first-order valence-corrected chi connectivity index (χ1v) is 5.78. The molecule has 1 aliphatic heterocycles. The minimum absolute atomic E-state index is 0.0209. The largest absolute Gasteiger partial charge is 0.389 e. The van der Waals surface area contributed by atoms with Gasteiger partial charge in [0, 0.05) is 10.5 Å². The molecule has 2 rings (SSSR count). The number of carbonyl (C=O) groups excluding carboxylic acids is 1. The van der Waals surface area contributed by atoms with Crippen molar-refractivity contribution in [3.8, 4) is 0 Å². The summed E-state index contributed by atoms with van der Waals surface area (Å²) in [5, 5.41) is 2.78. The summed E-state index contributed by atoms with van der Waals surface area (Å²) in [5.74, 6) is 0.0209. The molecular formula is C10H10N2OS2. The molecule has 3 nitrogen and oxygen atoms in total. The number of benzene rings is 1. The molecule has 1 aromatic rings. The summed E-state index contributed by atoms with van der Waals surface area (Å²) < 4.78 is 0. The van der Waals surface area contributed by atoms with Crippen molar-refractivity contribution < 1.29 is 4.79 Å². The fourth-order valence-corrected chi connectivity index (χ4v) is 2.42. The zero-order chi connectivity index (χ0) is 11.0. The summed E-state index contributed by atoms with van der Waals surface area (Å²) in [6.45, 7) is 1.88. The second kappa shape index (κ2) is 3.83. The smallest absolute Gasteiger partial charge is 0.237 e. The molecule has 5 heteroatoms. The van der Waals surface area contributed by atoms with Crippen LogP contribution in [0.2, 0.25) is 0 Å². The Hall–Kier alpha value is -1.07. The van der Waals surface area contributed by atoms with Crippen molar-refractivity contribution in [1.29, 1.82) is 0 Å². The highest BCUT2D eigenvalue weighted by Gasteiger charge is 2.22. The molecule has 0 fully saturated rings. The lowest BCUT2D eigenvalue weighted by Gasteiger charge is -2.21. The third-order valence-electron chi connectivity index (χ3n) is 2.19. The van der Waals surface area contributed by atoms with E-state index in [4.69, 9.17) is 18.0 Å². The van der Waals surface area contributed by atoms with Gasteiger partial charge in [-0.15, -0.1) is 11.8 Å². The Kier molecular flexibility index (Phi) is 2.67. The Morgan fingerprint density at radius 1 is 1.60 bits per heavy atom. The van der Waals surface area contributed by atoms with E-state index >= 15 is 0 Å². The number of hydrogen-bond donors (Lipinski definition) is 2. The van der Waals surface area contributed by atoms with E-state index < -0.39 is 0 Å². The molecule has 0 spiro atoms. The monoisotopic (exact) mass is 238 g/mol. The average Bonchev–Trinajstić information content (AvgIpc) is 2.19. The number of fused-ring (bicyclic) bond motifs is 1. The van der Waals surface area contributed by atoms with Crippen LogP contribution < -0.4 is 11.1 Å². The van der Waals surface area contributed by atoms with Gasteiger partial charge >= 0.3 is 0 Å². The van der Waals surface area contributed by atoms with Crippen LogP contribution in [-0.2, 0) is 4.79 Å². The first-order chi connectivity index (χ1) is 7.08. The van der Waals surface area contributed by atoms with Crippen LogP contribution >= 0.6 is 24.0 Å². The lowest BCUT2D eigenvalue weighted by atomic mass is 10.2. The van der Waals surface area contributed by atoms with Gasteiger partial charge in [-0.05, 0) is 19.1 Å². The van der Waals surface area contributed by atoms with E-state index in [1.54, 1.807) is 11.8 Å². The molecule has 1 atom stereocenters. The zero-order valence-electron chi connectivity index (χ0n) is 8.11. The van der Waals surface area contributed by atoms with Crippen molar-refractivity contribution in [1.82, 2.24) is 0 Å². The topological polar surface area (TPSA) is 55.1 Å². The van der Waals surface area contributed by atoms with Crippen molar-refractivity contribution in [3.63, 3.8) is 0 Å². The van der Waals surface area contributed by atoms with Gasteiger partial charge in [-0.25, -0.2) is 0 Å². The van der Waals surface area contributed by atoms with Crippen LogP contribution in [0.5, 0.6) is 0 Å². The third kappa shape index (κ3) is 1.98. The van der Waals surface area contributed by atoms with E-state index in [0.29, 0.717) is 4.99 Å². The molecule has 78 valence electrons. The number of thioether (sulfide) groups is 1. The fraction of sp³-hybridized carbons (Fsp3) is 0.200. The molecule has 1 amide bonds. The summed E-state index contributed by atoms with van der Waals surface area (Å²) in [6, 6.07) is 5.62. The summed E-state index contributed by atoms with van der Waals surface area (Å²) in [4.78, 5) is 12.8. The maximum absolute atomic E-state index is 11.4. The predicted octanol–water partition coefficient (Wildman–Crippen LogP) is 1.75. The normalized spacial score (nSPS) is 19.3. The Morgan fingerprint density at radius 3 is 3.00 bits per heavy atom. The molecule has 0 aromatic heterocycles. The lowest BCUT2D eigenvalue weighted by Crippen LogP contribution is -2.26. The van der Waals surface area contributed by atoms with E-state index in [0.717, 1.165) is 16.1 Å². The van der Waals surface area contributed by atoms with Crippen molar-refractivity contribution in [2.45, 2.75) is 17.1 Å². The summed E-state index contributed by atoms with van der Waals surface area (Å²) in [7, 11) is 0. The fourth-order valence-electron chi connectivity index (χ4n) is 1.36. The number of nitrogens with two attached hydrogens (primary N) is 1. The van der Waals surface area contributed by atoms with Gasteiger partial charge in [-0.3, -0.25) is 4.79 Å². The van der Waals surface area contributed by atoms with Gasteiger partial charge in [0.05, 0.1) is 10.9 Å². The van der Waals surface area contributed by atoms with Crippen LogP contribution in [0.25, 0.3) is 0 Å². The number of amides is 1. The van der Waals surface area contributed by atoms with Crippen LogP contribution in [0.4, 0.5) is 5.69 Å². The maximum atomic E-state index is 11.4. The third-order valence-corrected chi connectivity index (χ3v) is 3.61. The molecule has 1 aromatic carbocycles. The van der Waals surface area contributed by atoms with Crippen LogP contribution in [0.3, 0.4) is 0 Å². The van der Waals surface area contributed by atoms with Crippen LogP contribution in [0.1, 0.15) is 12.5 Å². The van der Waals surface area contributed by atoms with E-state index in [-0.39, 0.29) is 11.2 Å². The average molecular weight is 238 g/mol. The number of carbonyl (C=O) groups is 1. The van der Waals surface area contributed by atoms with Gasteiger partial charge in [0.1, 0.15) is 4.99 Å². The molecule has 0 saturated carbocycles. The number of thiocarbonyl (C=S) groups is 1. The van der Waals surface area contributed by atoms with Gasteiger partial charge in [-0.1, -0.05) is 18.3 Å². The van der Waals surface area contributed by atoms with Crippen molar-refractivity contribution >= 4 is 40.6 Å². The molecule has 0 radical (unpaired) electrons. The lowest BCUT2D eigenvalue weighted by molar-refractivity contribution is -0.115. The molecule has 1 aliphatic rings. The molecule has 1 unspecified atom stereocenters. The Labute approximate surface area is 97.4 Å². The van der Waals surface area contributed by atoms with Crippen LogP contribution in [-0.4, -0.2) is 16.1 Å². The van der Waals surface area contributed by atoms with Crippen LogP contribution in [0, 0.1) is 0 Å². The Bertz CT molecular complexity index is 445. The van der Waals surface area contributed by atoms with Crippen molar-refractivity contribution in [2.24, 2.45) is 5.73 Å². The van der Waals surface area contributed by atoms with Gasteiger partial charge < -0.3 is 11.1 Å². The molecule has 15 heavy (non-hydrogen) atoms. The molecule has 0 saturated heterocycles. The van der Waals surface area contributed by atoms with Crippen molar-refractivity contribution in [2.75, 3.05) is 5.32 Å². The first kappa shape index (κ1) is 10.4. The highest BCUT2D eigenvalue weighted by atomic mass is 32.2. The molecule has 0 aliphatic carbocycles. The number of anilines is 1. The Morgan fingerprint density at radius 2 is 2.33 bits per heavy atom. The molecule has 3 N–H and O–H groups in total. The summed E-state index contributed by atoms with van der Waals surface area (Å²) in [6.07, 6.45) is 0. The summed E-state index contributed by atoms with van der Waals surface area (Å²) >= 11 is 6.42. The van der Waals surface area contributed by atoms with Gasteiger partial charge in [0.15, 0.2) is 0 Å². The number of hydrogen-bond acceptors (Lipinski definition) is 3. The molecule has 0 bridgehead atoms. The SMILES string of the molecule is CC1Sc2ccc(C(N)=S)cc2NC1=O. The van der Waals surface area contributed by atoms with Crippen molar-refractivity contribution in [3.05, 3.63) is 23.8 Å². The summed E-state index contributed by atoms with van der Waals surface area (Å²) in [5.41, 5.74) is 7.10. The predicted molar refractivity (Wildman–Crippen MR) is 66.3 cm³/mol. The van der Waals surface area contributed by atoms with E-state index in [1.165, 1.54) is 0 Å². The maximum Gasteiger partial charge on any atom is 0.237 e. The van der Waals surface area contributed by atoms with Gasteiger partial charge in [-0.2, -0.15) is 0 Å². The highest BCUT2D eigenvalue weighted by Crippen LogP contribution is 2.35. The number of nitrogens with one attached hydrogen (secondary N) is 1. The quantitative estimate of drug-likeness (QED) is 0.732. The van der Waals surface area contributed by atoms with Gasteiger partial charge in [0.2, 0.25) is 5.91 Å². The molecular weight excluding hydrogens is 228 g/mol. The first-order valence-electron chi connectivity index (χ1n) is 4.49.